The molecule has 0 aliphatic rings. The lowest BCUT2D eigenvalue weighted by molar-refractivity contribution is 0.776. The monoisotopic (exact) mass is 192 g/mol. The van der Waals surface area contributed by atoms with Gasteiger partial charge >= 0.3 is 0 Å². The second-order valence-electron chi connectivity index (χ2n) is 2.93. The summed E-state index contributed by atoms with van der Waals surface area (Å²) in [5.41, 5.74) is 7.29. The van der Waals surface area contributed by atoms with Crippen molar-refractivity contribution in [3.8, 4) is 0 Å². The summed E-state index contributed by atoms with van der Waals surface area (Å²) in [6, 6.07) is 1.88. The maximum absolute atomic E-state index is 5.53. The molecule has 0 fully saturated rings. The predicted molar refractivity (Wildman–Crippen MR) is 53.0 cm³/mol. The molecule has 2 rings (SSSR count). The molecule has 0 saturated carbocycles. The molecule has 4 N–H and O–H groups in total. The summed E-state index contributed by atoms with van der Waals surface area (Å²) in [6.45, 7) is 0.431. The normalized spacial score (nSPS) is 10.4. The maximum atomic E-state index is 5.53. The van der Waals surface area contributed by atoms with Crippen molar-refractivity contribution in [2.45, 2.75) is 6.54 Å². The second kappa shape index (κ2) is 3.51. The van der Waals surface area contributed by atoms with E-state index in [9.17, 15) is 0 Å². The number of nitrogens with two attached hydrogens (primary N) is 1. The van der Waals surface area contributed by atoms with Gasteiger partial charge in [-0.3, -0.25) is 9.78 Å². The summed E-state index contributed by atoms with van der Waals surface area (Å²) in [6.07, 6.45) is 3.43. The van der Waals surface area contributed by atoms with Gasteiger partial charge in [0.05, 0.1) is 23.8 Å². The number of aromatic amines is 1. The summed E-state index contributed by atoms with van der Waals surface area (Å²) >= 11 is 0. The molecule has 0 aromatic carbocycles. The summed E-state index contributed by atoms with van der Waals surface area (Å²) in [7, 11) is 1.87. The Labute approximate surface area is 81.1 Å². The number of H-pyrrole nitrogens is 1. The molecule has 0 bridgehead atoms. The number of aromatic nitrogens is 4. The predicted octanol–water partition coefficient (Wildman–Crippen LogP) is 0.346. The highest BCUT2D eigenvalue weighted by Crippen LogP contribution is 2.17. The van der Waals surface area contributed by atoms with Crippen molar-refractivity contribution < 1.29 is 0 Å². The highest BCUT2D eigenvalue weighted by atomic mass is 15.3. The van der Waals surface area contributed by atoms with Crippen LogP contribution in [0.25, 0.3) is 0 Å². The molecule has 6 heteroatoms. The van der Waals surface area contributed by atoms with Gasteiger partial charge in [0.2, 0.25) is 0 Å². The summed E-state index contributed by atoms with van der Waals surface area (Å²) in [4.78, 5) is 0. The van der Waals surface area contributed by atoms with E-state index in [1.54, 1.807) is 17.1 Å². The SMILES string of the molecule is Cn1nccc1Nc1cn[nH]c1CN. The number of anilines is 2. The third-order valence-electron chi connectivity index (χ3n) is 2.01. The molecule has 6 nitrogen and oxygen atoms in total. The van der Waals surface area contributed by atoms with Crippen LogP contribution in [0.4, 0.5) is 11.5 Å². The molecule has 0 aliphatic carbocycles. The van der Waals surface area contributed by atoms with Crippen molar-refractivity contribution >= 4 is 11.5 Å². The van der Waals surface area contributed by atoms with Crippen molar-refractivity contribution in [3.63, 3.8) is 0 Å². The lowest BCUT2D eigenvalue weighted by Gasteiger charge is -2.04. The first-order chi connectivity index (χ1) is 6.81. The largest absolute Gasteiger partial charge is 0.338 e. The van der Waals surface area contributed by atoms with Gasteiger partial charge in [-0.25, -0.2) is 0 Å². The molecule has 2 aromatic rings. The number of nitrogens with zero attached hydrogens (tertiary/aromatic N) is 3. The van der Waals surface area contributed by atoms with E-state index in [-0.39, 0.29) is 0 Å². The van der Waals surface area contributed by atoms with Gasteiger partial charge in [0.15, 0.2) is 0 Å². The van der Waals surface area contributed by atoms with Gasteiger partial charge in [-0.15, -0.1) is 0 Å². The van der Waals surface area contributed by atoms with E-state index in [1.165, 1.54) is 0 Å². The van der Waals surface area contributed by atoms with Crippen LogP contribution >= 0.6 is 0 Å². The fourth-order valence-corrected chi connectivity index (χ4v) is 1.21. The van der Waals surface area contributed by atoms with Crippen LogP contribution < -0.4 is 11.1 Å². The van der Waals surface area contributed by atoms with E-state index in [4.69, 9.17) is 5.73 Å². The Morgan fingerprint density at radius 1 is 1.64 bits per heavy atom. The van der Waals surface area contributed by atoms with Gasteiger partial charge in [0, 0.05) is 19.7 Å². The van der Waals surface area contributed by atoms with E-state index in [2.05, 4.69) is 20.6 Å². The van der Waals surface area contributed by atoms with E-state index in [1.807, 2.05) is 13.1 Å². The molecule has 0 aliphatic heterocycles. The minimum atomic E-state index is 0.431. The van der Waals surface area contributed by atoms with E-state index in [0.717, 1.165) is 17.2 Å². The average Bonchev–Trinajstić information content (AvgIpc) is 2.77. The van der Waals surface area contributed by atoms with E-state index in [0.29, 0.717) is 6.54 Å². The molecule has 74 valence electrons. The number of aryl methyl sites for hydroxylation is 1. The quantitative estimate of drug-likeness (QED) is 0.655. The molecular weight excluding hydrogens is 180 g/mol. The Kier molecular flexibility index (Phi) is 2.19. The highest BCUT2D eigenvalue weighted by Gasteiger charge is 2.04. The highest BCUT2D eigenvalue weighted by molar-refractivity contribution is 5.57. The van der Waals surface area contributed by atoms with E-state index >= 15 is 0 Å². The second-order valence-corrected chi connectivity index (χ2v) is 2.93. The number of hydrogen-bond acceptors (Lipinski definition) is 4. The summed E-state index contributed by atoms with van der Waals surface area (Å²) < 4.78 is 1.74. The molecule has 0 atom stereocenters. The van der Waals surface area contributed by atoms with Crippen molar-refractivity contribution in [2.24, 2.45) is 12.8 Å². The molecular formula is C8H12N6. The molecule has 14 heavy (non-hydrogen) atoms. The topological polar surface area (TPSA) is 84.5 Å². The van der Waals surface area contributed by atoms with Crippen LogP contribution in [0.1, 0.15) is 5.69 Å². The first kappa shape index (κ1) is 8.76. The van der Waals surface area contributed by atoms with E-state index < -0.39 is 0 Å². The Morgan fingerprint density at radius 2 is 2.50 bits per heavy atom. The molecule has 0 amide bonds. The standard InChI is InChI=1S/C8H12N6/c1-14-8(2-3-11-14)12-7-5-10-13-6(7)4-9/h2-3,5,12H,4,9H2,1H3,(H,10,13). The third-order valence-corrected chi connectivity index (χ3v) is 2.01. The third kappa shape index (κ3) is 1.47. The van der Waals surface area contributed by atoms with Crippen LogP contribution in [-0.4, -0.2) is 20.0 Å². The van der Waals surface area contributed by atoms with Crippen molar-refractivity contribution in [1.82, 2.24) is 20.0 Å². The number of hydrogen-bond donors (Lipinski definition) is 3. The molecule has 0 radical (unpaired) electrons. The zero-order chi connectivity index (χ0) is 9.97. The molecule has 2 aromatic heterocycles. The number of nitrogens with one attached hydrogen (secondary N) is 2. The van der Waals surface area contributed by atoms with Crippen LogP contribution in [-0.2, 0) is 13.6 Å². The zero-order valence-electron chi connectivity index (χ0n) is 7.86. The average molecular weight is 192 g/mol. The zero-order valence-corrected chi connectivity index (χ0v) is 7.86. The van der Waals surface area contributed by atoms with Crippen LogP contribution in [0.3, 0.4) is 0 Å². The lowest BCUT2D eigenvalue weighted by Crippen LogP contribution is -2.03. The van der Waals surface area contributed by atoms with Crippen LogP contribution in [0.5, 0.6) is 0 Å². The smallest absolute Gasteiger partial charge is 0.128 e. The van der Waals surface area contributed by atoms with Gasteiger partial charge in [-0.05, 0) is 0 Å². The van der Waals surface area contributed by atoms with Crippen LogP contribution in [0.2, 0.25) is 0 Å². The van der Waals surface area contributed by atoms with Crippen molar-refractivity contribution in [1.29, 1.82) is 0 Å². The summed E-state index contributed by atoms with van der Waals surface area (Å²) in [5.74, 6) is 0.904. The minimum absolute atomic E-state index is 0.431. The number of rotatable bonds is 3. The van der Waals surface area contributed by atoms with Crippen molar-refractivity contribution in [2.75, 3.05) is 5.32 Å². The van der Waals surface area contributed by atoms with Crippen LogP contribution in [0.15, 0.2) is 18.5 Å². The van der Waals surface area contributed by atoms with Gasteiger partial charge in [0.1, 0.15) is 5.82 Å². The molecule has 0 unspecified atom stereocenters. The van der Waals surface area contributed by atoms with Gasteiger partial charge in [0.25, 0.3) is 0 Å². The fourth-order valence-electron chi connectivity index (χ4n) is 1.21. The Balaban J connectivity index is 2.22. The Morgan fingerprint density at radius 3 is 3.14 bits per heavy atom. The minimum Gasteiger partial charge on any atom is -0.338 e. The fraction of sp³-hybridized carbons (Fsp3) is 0.250. The summed E-state index contributed by atoms with van der Waals surface area (Å²) in [5, 5.41) is 13.9. The molecule has 0 spiro atoms. The van der Waals surface area contributed by atoms with Crippen molar-refractivity contribution in [3.05, 3.63) is 24.2 Å². The molecule has 0 saturated heterocycles. The lowest BCUT2D eigenvalue weighted by atomic mass is 10.3. The Bertz CT molecular complexity index is 415. The van der Waals surface area contributed by atoms with Gasteiger partial charge < -0.3 is 11.1 Å². The first-order valence-corrected chi connectivity index (χ1v) is 4.28. The first-order valence-electron chi connectivity index (χ1n) is 4.28. The van der Waals surface area contributed by atoms with Gasteiger partial charge in [-0.1, -0.05) is 0 Å². The van der Waals surface area contributed by atoms with Crippen LogP contribution in [0, 0.1) is 0 Å². The van der Waals surface area contributed by atoms with Gasteiger partial charge in [-0.2, -0.15) is 10.2 Å². The Hall–Kier alpha value is -1.82. The maximum Gasteiger partial charge on any atom is 0.128 e. The molecule has 2 heterocycles.